The second-order valence-electron chi connectivity index (χ2n) is 6.19. The lowest BCUT2D eigenvalue weighted by Gasteiger charge is -2.21. The van der Waals surface area contributed by atoms with E-state index in [2.05, 4.69) is 9.97 Å². The van der Waals surface area contributed by atoms with Crippen LogP contribution >= 0.6 is 11.6 Å². The number of halogens is 1. The molecule has 1 fully saturated rings. The van der Waals surface area contributed by atoms with Crippen molar-refractivity contribution < 1.29 is 20.1 Å². The van der Waals surface area contributed by atoms with Gasteiger partial charge in [0.15, 0.2) is 6.23 Å². The number of hydrogen-bond acceptors (Lipinski definition) is 7. The standard InChI is InChI=1S/C17H17ClN4O4/c18-9-3-1-8(2-4-9)11(23)14-12(24)13(25)17(26-14)22-6-5-10-15(19)20-7-21-16(10)22/h1-7,11-14,17,23-25H,(H2,19,20,21)/t11-,12+,13-,14-,17-/m1/s1. The quantitative estimate of drug-likeness (QED) is 0.537. The molecule has 0 radical (unpaired) electrons. The van der Waals surface area contributed by atoms with Crippen LogP contribution in [0.2, 0.25) is 5.02 Å². The van der Waals surface area contributed by atoms with E-state index in [4.69, 9.17) is 22.1 Å². The van der Waals surface area contributed by atoms with Crippen LogP contribution in [-0.2, 0) is 4.74 Å². The highest BCUT2D eigenvalue weighted by Crippen LogP contribution is 2.37. The lowest BCUT2D eigenvalue weighted by Crippen LogP contribution is -2.34. The summed E-state index contributed by atoms with van der Waals surface area (Å²) in [7, 11) is 0. The number of anilines is 1. The van der Waals surface area contributed by atoms with E-state index in [1.807, 2.05) is 0 Å². The molecular formula is C17H17ClN4O4. The van der Waals surface area contributed by atoms with E-state index in [0.29, 0.717) is 27.4 Å². The zero-order valence-electron chi connectivity index (χ0n) is 13.5. The van der Waals surface area contributed by atoms with Crippen molar-refractivity contribution in [2.24, 2.45) is 0 Å². The largest absolute Gasteiger partial charge is 0.387 e. The molecule has 136 valence electrons. The van der Waals surface area contributed by atoms with Crippen molar-refractivity contribution in [3.05, 3.63) is 53.4 Å². The van der Waals surface area contributed by atoms with E-state index in [1.165, 1.54) is 6.33 Å². The summed E-state index contributed by atoms with van der Waals surface area (Å²) in [5.41, 5.74) is 6.82. The molecule has 1 aliphatic rings. The summed E-state index contributed by atoms with van der Waals surface area (Å²) in [5, 5.41) is 32.6. The maximum atomic E-state index is 10.6. The fourth-order valence-electron chi connectivity index (χ4n) is 3.22. The van der Waals surface area contributed by atoms with E-state index in [-0.39, 0.29) is 0 Å². The van der Waals surface area contributed by atoms with Crippen LogP contribution in [0.1, 0.15) is 17.9 Å². The Hall–Kier alpha value is -2.23. The third kappa shape index (κ3) is 2.72. The molecule has 1 saturated heterocycles. The van der Waals surface area contributed by atoms with Gasteiger partial charge in [-0.05, 0) is 23.8 Å². The molecule has 9 heteroatoms. The molecule has 5 N–H and O–H groups in total. The highest BCUT2D eigenvalue weighted by atomic mass is 35.5. The van der Waals surface area contributed by atoms with Crippen molar-refractivity contribution in [2.45, 2.75) is 30.6 Å². The Labute approximate surface area is 153 Å². The number of nitrogens with two attached hydrogens (primary N) is 1. The smallest absolute Gasteiger partial charge is 0.164 e. The molecule has 5 atom stereocenters. The van der Waals surface area contributed by atoms with Crippen molar-refractivity contribution in [3.63, 3.8) is 0 Å². The molecule has 26 heavy (non-hydrogen) atoms. The first-order chi connectivity index (χ1) is 12.5. The third-order valence-corrected chi connectivity index (χ3v) is 4.86. The summed E-state index contributed by atoms with van der Waals surface area (Å²) in [5.74, 6) is 0.305. The average molecular weight is 377 g/mol. The summed E-state index contributed by atoms with van der Waals surface area (Å²) in [6.45, 7) is 0. The number of benzene rings is 1. The van der Waals surface area contributed by atoms with Crippen molar-refractivity contribution in [1.29, 1.82) is 0 Å². The fraction of sp³-hybridized carbons (Fsp3) is 0.294. The van der Waals surface area contributed by atoms with E-state index < -0.39 is 30.6 Å². The maximum absolute atomic E-state index is 10.6. The molecule has 8 nitrogen and oxygen atoms in total. The van der Waals surface area contributed by atoms with Gasteiger partial charge in [-0.1, -0.05) is 23.7 Å². The summed E-state index contributed by atoms with van der Waals surface area (Å²) in [6.07, 6.45) is -2.67. The van der Waals surface area contributed by atoms with Gasteiger partial charge in [-0.25, -0.2) is 9.97 Å². The highest BCUT2D eigenvalue weighted by Gasteiger charge is 2.47. The van der Waals surface area contributed by atoms with Crippen LogP contribution in [0.25, 0.3) is 11.0 Å². The molecule has 3 heterocycles. The molecule has 0 saturated carbocycles. The van der Waals surface area contributed by atoms with E-state index >= 15 is 0 Å². The van der Waals surface area contributed by atoms with Gasteiger partial charge in [0.2, 0.25) is 0 Å². The molecule has 1 aliphatic heterocycles. The SMILES string of the molecule is Nc1ncnc2c1ccn2[C@@H]1O[C@H]([C@H](O)c2ccc(Cl)cc2)[C@@H](O)[C@H]1O. The molecule has 0 spiro atoms. The molecule has 3 aromatic rings. The summed E-state index contributed by atoms with van der Waals surface area (Å²) in [4.78, 5) is 8.09. The van der Waals surface area contributed by atoms with Gasteiger partial charge in [-0.3, -0.25) is 0 Å². The lowest BCUT2D eigenvalue weighted by atomic mass is 9.99. The van der Waals surface area contributed by atoms with Crippen molar-refractivity contribution in [2.75, 3.05) is 5.73 Å². The van der Waals surface area contributed by atoms with Gasteiger partial charge in [-0.2, -0.15) is 0 Å². The molecule has 4 rings (SSSR count). The second-order valence-corrected chi connectivity index (χ2v) is 6.62. The van der Waals surface area contributed by atoms with Crippen LogP contribution in [0.5, 0.6) is 0 Å². The number of nitrogen functional groups attached to an aromatic ring is 1. The fourth-order valence-corrected chi connectivity index (χ4v) is 3.35. The Bertz CT molecular complexity index is 932. The van der Waals surface area contributed by atoms with Gasteiger partial charge in [0.1, 0.15) is 42.2 Å². The maximum Gasteiger partial charge on any atom is 0.164 e. The summed E-state index contributed by atoms with van der Waals surface area (Å²) >= 11 is 5.86. The molecule has 0 aliphatic carbocycles. The Morgan fingerprint density at radius 3 is 2.58 bits per heavy atom. The Morgan fingerprint density at radius 2 is 1.85 bits per heavy atom. The number of nitrogens with zero attached hydrogens (tertiary/aromatic N) is 3. The molecule has 0 unspecified atom stereocenters. The van der Waals surface area contributed by atoms with Gasteiger partial charge in [0.25, 0.3) is 0 Å². The van der Waals surface area contributed by atoms with Crippen LogP contribution in [0, 0.1) is 0 Å². The van der Waals surface area contributed by atoms with Crippen LogP contribution in [-0.4, -0.2) is 48.2 Å². The highest BCUT2D eigenvalue weighted by molar-refractivity contribution is 6.30. The second kappa shape index (κ2) is 6.49. The van der Waals surface area contributed by atoms with Crippen molar-refractivity contribution in [1.82, 2.24) is 14.5 Å². The number of fused-ring (bicyclic) bond motifs is 1. The molecule has 2 aromatic heterocycles. The first-order valence-corrected chi connectivity index (χ1v) is 8.37. The zero-order valence-corrected chi connectivity index (χ0v) is 14.2. The predicted octanol–water partition coefficient (Wildman–Crippen LogP) is 1.02. The summed E-state index contributed by atoms with van der Waals surface area (Å²) in [6, 6.07) is 8.25. The van der Waals surface area contributed by atoms with Crippen LogP contribution < -0.4 is 5.73 Å². The lowest BCUT2D eigenvalue weighted by molar-refractivity contribution is -0.0848. The van der Waals surface area contributed by atoms with Crippen molar-refractivity contribution in [3.8, 4) is 0 Å². The van der Waals surface area contributed by atoms with Crippen molar-refractivity contribution >= 4 is 28.5 Å². The van der Waals surface area contributed by atoms with Crippen LogP contribution in [0.15, 0.2) is 42.9 Å². The number of aromatic nitrogens is 3. The number of ether oxygens (including phenoxy) is 1. The number of aliphatic hydroxyl groups is 3. The minimum absolute atomic E-state index is 0.305. The minimum atomic E-state index is -1.29. The zero-order chi connectivity index (χ0) is 18.4. The number of hydrogen-bond donors (Lipinski definition) is 4. The molecule has 0 amide bonds. The predicted molar refractivity (Wildman–Crippen MR) is 94.3 cm³/mol. The normalized spacial score (nSPS) is 27.1. The van der Waals surface area contributed by atoms with Gasteiger partial charge in [-0.15, -0.1) is 0 Å². The number of aliphatic hydroxyl groups excluding tert-OH is 3. The Morgan fingerprint density at radius 1 is 1.12 bits per heavy atom. The first kappa shape index (κ1) is 17.2. The number of rotatable bonds is 3. The molecule has 0 bridgehead atoms. The van der Waals surface area contributed by atoms with Crippen LogP contribution in [0.4, 0.5) is 5.82 Å². The molecule has 1 aromatic carbocycles. The van der Waals surface area contributed by atoms with Gasteiger partial charge in [0.05, 0.1) is 5.39 Å². The topological polar surface area (TPSA) is 127 Å². The average Bonchev–Trinajstić information content (AvgIpc) is 3.18. The van der Waals surface area contributed by atoms with E-state index in [0.717, 1.165) is 0 Å². The summed E-state index contributed by atoms with van der Waals surface area (Å²) < 4.78 is 7.37. The van der Waals surface area contributed by atoms with Gasteiger partial charge in [0, 0.05) is 11.2 Å². The van der Waals surface area contributed by atoms with Gasteiger partial charge < -0.3 is 30.4 Å². The Kier molecular flexibility index (Phi) is 4.29. The van der Waals surface area contributed by atoms with E-state index in [1.54, 1.807) is 41.1 Å². The monoisotopic (exact) mass is 376 g/mol. The van der Waals surface area contributed by atoms with Crippen LogP contribution in [0.3, 0.4) is 0 Å². The first-order valence-electron chi connectivity index (χ1n) is 7.99. The molecular weight excluding hydrogens is 360 g/mol. The minimum Gasteiger partial charge on any atom is -0.387 e. The Balaban J connectivity index is 1.65. The van der Waals surface area contributed by atoms with Gasteiger partial charge >= 0.3 is 0 Å². The van der Waals surface area contributed by atoms with E-state index in [9.17, 15) is 15.3 Å². The third-order valence-electron chi connectivity index (χ3n) is 4.61.